The summed E-state index contributed by atoms with van der Waals surface area (Å²) in [6.45, 7) is 3.52. The standard InChI is InChI=1S/C11H16FNO/c1-3-8-6-9(12)4-5-10(8)11(2,13)7-14/h4-6,14H,3,7,13H2,1-2H3. The van der Waals surface area contributed by atoms with E-state index >= 15 is 0 Å². The second-order valence-electron chi connectivity index (χ2n) is 3.73. The lowest BCUT2D eigenvalue weighted by Crippen LogP contribution is -2.37. The van der Waals surface area contributed by atoms with E-state index in [1.165, 1.54) is 12.1 Å². The van der Waals surface area contributed by atoms with Crippen LogP contribution < -0.4 is 5.73 Å². The van der Waals surface area contributed by atoms with Crippen molar-refractivity contribution in [2.24, 2.45) is 5.73 Å². The molecule has 0 fully saturated rings. The molecule has 2 nitrogen and oxygen atoms in total. The quantitative estimate of drug-likeness (QED) is 0.772. The van der Waals surface area contributed by atoms with Crippen LogP contribution in [0.5, 0.6) is 0 Å². The number of rotatable bonds is 3. The van der Waals surface area contributed by atoms with Gasteiger partial charge in [0.1, 0.15) is 5.82 Å². The van der Waals surface area contributed by atoms with Gasteiger partial charge in [0, 0.05) is 0 Å². The number of benzene rings is 1. The number of aliphatic hydroxyl groups is 1. The highest BCUT2D eigenvalue weighted by Crippen LogP contribution is 2.22. The first-order valence-corrected chi connectivity index (χ1v) is 4.70. The van der Waals surface area contributed by atoms with Crippen LogP contribution in [0.15, 0.2) is 18.2 Å². The number of aryl methyl sites for hydroxylation is 1. The first-order valence-electron chi connectivity index (χ1n) is 4.70. The van der Waals surface area contributed by atoms with Gasteiger partial charge in [0.15, 0.2) is 0 Å². The summed E-state index contributed by atoms with van der Waals surface area (Å²) in [5.74, 6) is -0.265. The van der Waals surface area contributed by atoms with Gasteiger partial charge in [0.05, 0.1) is 12.1 Å². The molecule has 1 aromatic carbocycles. The van der Waals surface area contributed by atoms with E-state index in [-0.39, 0.29) is 12.4 Å². The molecule has 0 aliphatic carbocycles. The molecule has 0 aromatic heterocycles. The third-order valence-electron chi connectivity index (χ3n) is 2.39. The molecule has 14 heavy (non-hydrogen) atoms. The summed E-state index contributed by atoms with van der Waals surface area (Å²) >= 11 is 0. The predicted octanol–water partition coefficient (Wildman–Crippen LogP) is 1.55. The van der Waals surface area contributed by atoms with Gasteiger partial charge in [0.2, 0.25) is 0 Å². The Morgan fingerprint density at radius 3 is 2.64 bits per heavy atom. The van der Waals surface area contributed by atoms with Gasteiger partial charge in [-0.15, -0.1) is 0 Å². The molecule has 0 bridgehead atoms. The second-order valence-corrected chi connectivity index (χ2v) is 3.73. The summed E-state index contributed by atoms with van der Waals surface area (Å²) in [7, 11) is 0. The zero-order valence-electron chi connectivity index (χ0n) is 8.55. The maximum Gasteiger partial charge on any atom is 0.123 e. The van der Waals surface area contributed by atoms with Crippen molar-refractivity contribution in [2.45, 2.75) is 25.8 Å². The van der Waals surface area contributed by atoms with Crippen molar-refractivity contribution in [1.29, 1.82) is 0 Å². The summed E-state index contributed by atoms with van der Waals surface area (Å²) in [5.41, 5.74) is 6.76. The minimum atomic E-state index is -0.793. The van der Waals surface area contributed by atoms with Crippen molar-refractivity contribution in [3.63, 3.8) is 0 Å². The number of hydrogen-bond donors (Lipinski definition) is 2. The smallest absolute Gasteiger partial charge is 0.123 e. The SMILES string of the molecule is CCc1cc(F)ccc1C(C)(N)CO. The first kappa shape index (κ1) is 11.1. The summed E-state index contributed by atoms with van der Waals surface area (Å²) in [4.78, 5) is 0. The van der Waals surface area contributed by atoms with Gasteiger partial charge in [0.25, 0.3) is 0 Å². The van der Waals surface area contributed by atoms with E-state index in [2.05, 4.69) is 0 Å². The number of halogens is 1. The molecule has 1 atom stereocenters. The average Bonchev–Trinajstić information content (AvgIpc) is 2.17. The predicted molar refractivity (Wildman–Crippen MR) is 54.4 cm³/mol. The molecule has 3 heteroatoms. The van der Waals surface area contributed by atoms with Crippen LogP contribution in [0.3, 0.4) is 0 Å². The Morgan fingerprint density at radius 1 is 1.50 bits per heavy atom. The maximum absolute atomic E-state index is 12.9. The molecule has 1 unspecified atom stereocenters. The van der Waals surface area contributed by atoms with E-state index in [1.807, 2.05) is 6.92 Å². The fourth-order valence-electron chi connectivity index (χ4n) is 1.50. The van der Waals surface area contributed by atoms with Crippen LogP contribution in [0.25, 0.3) is 0 Å². The van der Waals surface area contributed by atoms with Crippen LogP contribution in [0, 0.1) is 5.82 Å². The highest BCUT2D eigenvalue weighted by atomic mass is 19.1. The Hall–Kier alpha value is -0.930. The fraction of sp³-hybridized carbons (Fsp3) is 0.455. The highest BCUT2D eigenvalue weighted by Gasteiger charge is 2.22. The van der Waals surface area contributed by atoms with Gasteiger partial charge < -0.3 is 10.8 Å². The topological polar surface area (TPSA) is 46.2 Å². The molecule has 78 valence electrons. The molecule has 0 heterocycles. The van der Waals surface area contributed by atoms with E-state index in [0.29, 0.717) is 6.42 Å². The molecule has 3 N–H and O–H groups in total. The van der Waals surface area contributed by atoms with E-state index in [1.54, 1.807) is 13.0 Å². The van der Waals surface area contributed by atoms with Crippen LogP contribution in [0.4, 0.5) is 4.39 Å². The molecular formula is C11H16FNO. The molecular weight excluding hydrogens is 181 g/mol. The van der Waals surface area contributed by atoms with Crippen LogP contribution >= 0.6 is 0 Å². The van der Waals surface area contributed by atoms with E-state index in [4.69, 9.17) is 10.8 Å². The monoisotopic (exact) mass is 197 g/mol. The van der Waals surface area contributed by atoms with Crippen molar-refractivity contribution in [3.8, 4) is 0 Å². The number of hydrogen-bond acceptors (Lipinski definition) is 2. The normalized spacial score (nSPS) is 15.2. The lowest BCUT2D eigenvalue weighted by Gasteiger charge is -2.25. The summed E-state index contributed by atoms with van der Waals surface area (Å²) in [6.07, 6.45) is 0.708. The van der Waals surface area contributed by atoms with Gasteiger partial charge >= 0.3 is 0 Å². The lowest BCUT2D eigenvalue weighted by molar-refractivity contribution is 0.209. The molecule has 1 rings (SSSR count). The first-order chi connectivity index (χ1) is 6.51. The molecule has 0 aliphatic heterocycles. The zero-order chi connectivity index (χ0) is 10.8. The van der Waals surface area contributed by atoms with Crippen LogP contribution in [-0.2, 0) is 12.0 Å². The van der Waals surface area contributed by atoms with Crippen LogP contribution in [-0.4, -0.2) is 11.7 Å². The van der Waals surface area contributed by atoms with Crippen molar-refractivity contribution in [2.75, 3.05) is 6.61 Å². The highest BCUT2D eigenvalue weighted by molar-refractivity contribution is 5.33. The van der Waals surface area contributed by atoms with Gasteiger partial charge in [-0.25, -0.2) is 4.39 Å². The zero-order valence-corrected chi connectivity index (χ0v) is 8.55. The minimum absolute atomic E-state index is 0.147. The fourth-order valence-corrected chi connectivity index (χ4v) is 1.50. The molecule has 0 saturated heterocycles. The van der Waals surface area contributed by atoms with E-state index in [9.17, 15) is 4.39 Å². The van der Waals surface area contributed by atoms with Gasteiger partial charge in [-0.05, 0) is 36.6 Å². The Morgan fingerprint density at radius 2 is 2.14 bits per heavy atom. The third kappa shape index (κ3) is 2.11. The Bertz CT molecular complexity index is 323. The maximum atomic E-state index is 12.9. The Balaban J connectivity index is 3.20. The lowest BCUT2D eigenvalue weighted by atomic mass is 9.89. The molecule has 0 aliphatic rings. The van der Waals surface area contributed by atoms with Crippen molar-refractivity contribution >= 4 is 0 Å². The van der Waals surface area contributed by atoms with Crippen LogP contribution in [0.1, 0.15) is 25.0 Å². The van der Waals surface area contributed by atoms with Gasteiger partial charge in [-0.3, -0.25) is 0 Å². The second kappa shape index (κ2) is 4.07. The minimum Gasteiger partial charge on any atom is -0.394 e. The molecule has 0 saturated carbocycles. The number of nitrogens with two attached hydrogens (primary N) is 1. The van der Waals surface area contributed by atoms with Gasteiger partial charge in [-0.2, -0.15) is 0 Å². The average molecular weight is 197 g/mol. The molecule has 1 aromatic rings. The van der Waals surface area contributed by atoms with Crippen molar-refractivity contribution in [3.05, 3.63) is 35.1 Å². The van der Waals surface area contributed by atoms with E-state index in [0.717, 1.165) is 11.1 Å². The molecule has 0 amide bonds. The summed E-state index contributed by atoms with van der Waals surface area (Å²) in [6, 6.07) is 4.48. The Labute approximate surface area is 83.6 Å². The third-order valence-corrected chi connectivity index (χ3v) is 2.39. The van der Waals surface area contributed by atoms with Gasteiger partial charge in [-0.1, -0.05) is 13.0 Å². The molecule has 0 spiro atoms. The van der Waals surface area contributed by atoms with Crippen LogP contribution in [0.2, 0.25) is 0 Å². The van der Waals surface area contributed by atoms with Crippen molar-refractivity contribution < 1.29 is 9.50 Å². The summed E-state index contributed by atoms with van der Waals surface area (Å²) < 4.78 is 12.9. The van der Waals surface area contributed by atoms with Crippen molar-refractivity contribution in [1.82, 2.24) is 0 Å². The summed E-state index contributed by atoms with van der Waals surface area (Å²) in [5, 5.41) is 9.12. The molecule has 0 radical (unpaired) electrons. The largest absolute Gasteiger partial charge is 0.394 e. The number of aliphatic hydroxyl groups excluding tert-OH is 1. The van der Waals surface area contributed by atoms with E-state index < -0.39 is 5.54 Å². The Kier molecular flexibility index (Phi) is 3.24.